The molecule has 0 aliphatic heterocycles. The van der Waals surface area contributed by atoms with Crippen molar-refractivity contribution in [2.24, 2.45) is 17.8 Å². The average molecular weight is 439 g/mol. The van der Waals surface area contributed by atoms with Crippen molar-refractivity contribution in [3.05, 3.63) is 54.1 Å². The Kier molecular flexibility index (Phi) is 7.06. The van der Waals surface area contributed by atoms with Crippen LogP contribution in [0, 0.1) is 17.8 Å². The first-order chi connectivity index (χ1) is 14.7. The van der Waals surface area contributed by atoms with Gasteiger partial charge in [0, 0.05) is 0 Å². The van der Waals surface area contributed by atoms with E-state index in [1.807, 2.05) is 0 Å². The fourth-order valence-electron chi connectivity index (χ4n) is 5.53. The highest BCUT2D eigenvalue weighted by atomic mass is 16.5. The lowest BCUT2D eigenvalue weighted by atomic mass is 9.64. The van der Waals surface area contributed by atoms with Crippen molar-refractivity contribution in [3.8, 4) is 5.75 Å². The zero-order valence-electron chi connectivity index (χ0n) is 22.0. The molecule has 178 valence electrons. The lowest BCUT2D eigenvalue weighted by Crippen LogP contribution is -2.36. The van der Waals surface area contributed by atoms with Crippen molar-refractivity contribution in [2.45, 2.75) is 110 Å². The first-order valence-electron chi connectivity index (χ1n) is 12.6. The minimum Gasteiger partial charge on any atom is -0.488 e. The molecule has 0 saturated heterocycles. The Bertz CT molecular complexity index is 792. The fraction of sp³-hybridized carbons (Fsp3) is 0.667. The summed E-state index contributed by atoms with van der Waals surface area (Å²) in [5.41, 5.74) is 1.03. The Morgan fingerprint density at radius 2 is 1.28 bits per heavy atom. The second-order valence-electron chi connectivity index (χ2n) is 12.8. The third-order valence-electron chi connectivity index (χ3n) is 7.18. The molecule has 0 amide bonds. The Hall–Kier alpha value is -1.54. The molecule has 2 aliphatic carbocycles. The highest BCUT2D eigenvalue weighted by Gasteiger charge is 2.37. The summed E-state index contributed by atoms with van der Waals surface area (Å²) < 4.78 is 12.3. The van der Waals surface area contributed by atoms with Gasteiger partial charge in [-0.3, -0.25) is 0 Å². The van der Waals surface area contributed by atoms with Crippen LogP contribution < -0.4 is 4.74 Å². The summed E-state index contributed by atoms with van der Waals surface area (Å²) in [5, 5.41) is 0. The number of rotatable bonds is 5. The van der Waals surface area contributed by atoms with Crippen LogP contribution >= 0.6 is 0 Å². The van der Waals surface area contributed by atoms with Crippen LogP contribution in [0.15, 0.2) is 48.6 Å². The van der Waals surface area contributed by atoms with E-state index in [-0.39, 0.29) is 22.2 Å². The first-order valence-corrected chi connectivity index (χ1v) is 12.6. The molecule has 0 bridgehead atoms. The maximum atomic E-state index is 6.26. The monoisotopic (exact) mass is 438 g/mol. The maximum absolute atomic E-state index is 6.26. The van der Waals surface area contributed by atoms with Crippen LogP contribution in [0.25, 0.3) is 0 Å². The van der Waals surface area contributed by atoms with E-state index >= 15 is 0 Å². The predicted octanol–water partition coefficient (Wildman–Crippen LogP) is 8.26. The van der Waals surface area contributed by atoms with Crippen LogP contribution in [0.5, 0.6) is 5.75 Å². The van der Waals surface area contributed by atoms with E-state index in [1.165, 1.54) is 31.2 Å². The molecule has 0 aromatic heterocycles. The molecule has 1 aromatic rings. The van der Waals surface area contributed by atoms with Gasteiger partial charge in [-0.25, -0.2) is 0 Å². The molecule has 0 atom stereocenters. The summed E-state index contributed by atoms with van der Waals surface area (Å²) in [6, 6.07) is 8.83. The summed E-state index contributed by atoms with van der Waals surface area (Å²) in [6.45, 7) is 19.7. The second kappa shape index (κ2) is 9.01. The average Bonchev–Trinajstić information content (AvgIpc) is 2.66. The molecule has 1 saturated carbocycles. The minimum absolute atomic E-state index is 0.142. The molecule has 0 spiro atoms. The quantitative estimate of drug-likeness (QED) is 0.431. The Morgan fingerprint density at radius 3 is 1.75 bits per heavy atom. The van der Waals surface area contributed by atoms with Gasteiger partial charge < -0.3 is 9.47 Å². The van der Waals surface area contributed by atoms with Crippen molar-refractivity contribution < 1.29 is 9.47 Å². The number of allylic oxidation sites excluding steroid dienone is 2. The van der Waals surface area contributed by atoms with Crippen molar-refractivity contribution in [2.75, 3.05) is 0 Å². The Labute approximate surface area is 197 Å². The minimum atomic E-state index is -0.281. The molecule has 2 heteroatoms. The molecule has 1 aromatic carbocycles. The van der Waals surface area contributed by atoms with Crippen molar-refractivity contribution in [3.63, 3.8) is 0 Å². The van der Waals surface area contributed by atoms with E-state index in [0.29, 0.717) is 5.92 Å². The number of hydrogen-bond acceptors (Lipinski definition) is 2. The highest BCUT2D eigenvalue weighted by molar-refractivity contribution is 5.33. The topological polar surface area (TPSA) is 18.5 Å². The molecule has 32 heavy (non-hydrogen) atoms. The summed E-state index contributed by atoms with van der Waals surface area (Å²) >= 11 is 0. The molecule has 3 rings (SSSR count). The van der Waals surface area contributed by atoms with Crippen LogP contribution in [0.4, 0.5) is 0 Å². The smallest absolute Gasteiger partial charge is 0.120 e. The van der Waals surface area contributed by atoms with Crippen LogP contribution in [0.3, 0.4) is 0 Å². The van der Waals surface area contributed by atoms with E-state index in [0.717, 1.165) is 17.6 Å². The van der Waals surface area contributed by atoms with Gasteiger partial charge in [0.05, 0.1) is 5.60 Å². The van der Waals surface area contributed by atoms with Gasteiger partial charge in [-0.1, -0.05) is 50.3 Å². The molecule has 0 radical (unpaired) electrons. The van der Waals surface area contributed by atoms with Crippen molar-refractivity contribution in [1.82, 2.24) is 0 Å². The van der Waals surface area contributed by atoms with Crippen LogP contribution in [-0.2, 0) is 10.2 Å². The van der Waals surface area contributed by atoms with Crippen molar-refractivity contribution in [1.29, 1.82) is 0 Å². The fourth-order valence-corrected chi connectivity index (χ4v) is 5.53. The molecular formula is C30H46O2. The zero-order chi connectivity index (χ0) is 23.8. The summed E-state index contributed by atoms with van der Waals surface area (Å²) in [6.07, 6.45) is 14.6. The SMILES string of the molecule is CC(C)(C)Oc1ccc(C(C)(C)C2CCC(C3C=CC(C)(OC(C)(C)C)C=C3)CC2)cc1. The van der Waals surface area contributed by atoms with Crippen LogP contribution in [0.2, 0.25) is 0 Å². The number of benzene rings is 1. The summed E-state index contributed by atoms with van der Waals surface area (Å²) in [4.78, 5) is 0. The lowest BCUT2D eigenvalue weighted by molar-refractivity contribution is -0.0715. The van der Waals surface area contributed by atoms with Crippen molar-refractivity contribution >= 4 is 0 Å². The molecule has 1 fully saturated rings. The molecule has 0 unspecified atom stereocenters. The van der Waals surface area contributed by atoms with E-state index in [2.05, 4.69) is 111 Å². The van der Waals surface area contributed by atoms with E-state index in [9.17, 15) is 0 Å². The van der Waals surface area contributed by atoms with E-state index < -0.39 is 0 Å². The van der Waals surface area contributed by atoms with Gasteiger partial charge in [0.2, 0.25) is 0 Å². The van der Waals surface area contributed by atoms with Gasteiger partial charge in [0.25, 0.3) is 0 Å². The van der Waals surface area contributed by atoms with Gasteiger partial charge in [0.1, 0.15) is 17.0 Å². The Balaban J connectivity index is 1.58. The largest absolute Gasteiger partial charge is 0.488 e. The molecule has 0 heterocycles. The molecule has 0 N–H and O–H groups in total. The van der Waals surface area contributed by atoms with Crippen LogP contribution in [0.1, 0.15) is 93.6 Å². The zero-order valence-corrected chi connectivity index (χ0v) is 22.0. The highest BCUT2D eigenvalue weighted by Crippen LogP contribution is 2.45. The van der Waals surface area contributed by atoms with Gasteiger partial charge in [-0.2, -0.15) is 0 Å². The van der Waals surface area contributed by atoms with Gasteiger partial charge in [0.15, 0.2) is 0 Å². The predicted molar refractivity (Wildman–Crippen MR) is 136 cm³/mol. The molecule has 2 aliphatic rings. The van der Waals surface area contributed by atoms with E-state index in [4.69, 9.17) is 9.47 Å². The number of hydrogen-bond donors (Lipinski definition) is 0. The molecular weight excluding hydrogens is 392 g/mol. The first kappa shape index (κ1) is 25.1. The second-order valence-corrected chi connectivity index (χ2v) is 12.8. The van der Waals surface area contributed by atoms with Gasteiger partial charge in [-0.15, -0.1) is 0 Å². The lowest BCUT2D eigenvalue weighted by Gasteiger charge is -2.42. The third kappa shape index (κ3) is 6.50. The number of ether oxygens (including phenoxy) is 2. The van der Waals surface area contributed by atoms with E-state index in [1.54, 1.807) is 0 Å². The standard InChI is InChI=1S/C30H46O2/c1-27(2,3)31-26-16-14-25(15-17-26)29(7,8)24-12-10-22(11-13-24)23-18-20-30(9,21-19-23)32-28(4,5)6/h14-24H,10-13H2,1-9H3. The Morgan fingerprint density at radius 1 is 0.750 bits per heavy atom. The third-order valence-corrected chi connectivity index (χ3v) is 7.18. The van der Waals surface area contributed by atoms with Gasteiger partial charge in [-0.05, 0) is 115 Å². The normalized spacial score (nSPS) is 29.2. The molecule has 2 nitrogen and oxygen atoms in total. The van der Waals surface area contributed by atoms with Gasteiger partial charge >= 0.3 is 0 Å². The van der Waals surface area contributed by atoms with Crippen LogP contribution in [-0.4, -0.2) is 16.8 Å². The summed E-state index contributed by atoms with van der Waals surface area (Å²) in [7, 11) is 0. The maximum Gasteiger partial charge on any atom is 0.120 e. The summed E-state index contributed by atoms with van der Waals surface area (Å²) in [5.74, 6) is 2.97.